The van der Waals surface area contributed by atoms with Gasteiger partial charge in [-0.3, -0.25) is 0 Å². The summed E-state index contributed by atoms with van der Waals surface area (Å²) in [6.45, 7) is 0. The van der Waals surface area contributed by atoms with Gasteiger partial charge in [-0.15, -0.1) is 0 Å². The van der Waals surface area contributed by atoms with Crippen molar-refractivity contribution >= 4 is 23.6 Å². The van der Waals surface area contributed by atoms with Gasteiger partial charge in [0.1, 0.15) is 0 Å². The fourth-order valence-corrected chi connectivity index (χ4v) is 1.09. The van der Waals surface area contributed by atoms with Gasteiger partial charge in [0.2, 0.25) is 0 Å². The summed E-state index contributed by atoms with van der Waals surface area (Å²) in [6, 6.07) is 7.44. The highest BCUT2D eigenvalue weighted by molar-refractivity contribution is 9.08. The molecule has 1 rings (SSSR count). The minimum absolute atomic E-state index is 0.636. The van der Waals surface area contributed by atoms with Crippen molar-refractivity contribution in [1.29, 1.82) is 0 Å². The molecule has 0 saturated heterocycles. The van der Waals surface area contributed by atoms with Crippen molar-refractivity contribution in [2.45, 2.75) is 5.33 Å². The van der Waals surface area contributed by atoms with Crippen LogP contribution >= 0.6 is 15.9 Å². The molecule has 11 heavy (non-hydrogen) atoms. The first-order valence-electron chi connectivity index (χ1n) is 3.14. The average molecular weight is 214 g/mol. The molecular weight excluding hydrogens is 207 g/mol. The van der Waals surface area contributed by atoms with Crippen LogP contribution in [0.3, 0.4) is 0 Å². The molecule has 0 amide bonds. The summed E-state index contributed by atoms with van der Waals surface area (Å²) < 4.78 is 4.72. The average Bonchev–Trinajstić information content (AvgIpc) is 2.07. The minimum Gasteiger partial charge on any atom is -0.537 e. The monoisotopic (exact) mass is 213 g/mol. The van der Waals surface area contributed by atoms with E-state index in [4.69, 9.17) is 9.68 Å². The number of alkyl halides is 1. The van der Waals surface area contributed by atoms with Gasteiger partial charge >= 0.3 is 7.69 Å². The maximum Gasteiger partial charge on any atom is 0.569 e. The van der Waals surface area contributed by atoms with Gasteiger partial charge in [0.15, 0.2) is 0 Å². The lowest BCUT2D eigenvalue weighted by Crippen LogP contribution is -1.99. The summed E-state index contributed by atoms with van der Waals surface area (Å²) in [6.07, 6.45) is 0. The third kappa shape index (κ3) is 2.56. The quantitative estimate of drug-likeness (QED) is 0.609. The van der Waals surface area contributed by atoms with Gasteiger partial charge in [0.05, 0.1) is 5.75 Å². The number of halogens is 1. The van der Waals surface area contributed by atoms with Crippen molar-refractivity contribution in [2.75, 3.05) is 0 Å². The molecule has 1 N–H and O–H groups in total. The van der Waals surface area contributed by atoms with E-state index in [9.17, 15) is 0 Å². The van der Waals surface area contributed by atoms with Gasteiger partial charge in [-0.1, -0.05) is 28.1 Å². The van der Waals surface area contributed by atoms with Crippen molar-refractivity contribution in [3.8, 4) is 5.75 Å². The predicted octanol–water partition coefficient (Wildman–Crippen LogP) is 1.49. The van der Waals surface area contributed by atoms with Crippen LogP contribution in [0.15, 0.2) is 24.3 Å². The molecule has 1 aromatic carbocycles. The van der Waals surface area contributed by atoms with E-state index < -0.39 is 0 Å². The Balaban J connectivity index is 2.66. The molecule has 1 radical (unpaired) electrons. The van der Waals surface area contributed by atoms with E-state index in [2.05, 4.69) is 15.9 Å². The van der Waals surface area contributed by atoms with Crippen molar-refractivity contribution in [3.63, 3.8) is 0 Å². The second-order valence-corrected chi connectivity index (χ2v) is 2.56. The Morgan fingerprint density at radius 1 is 1.36 bits per heavy atom. The molecule has 2 nitrogen and oxygen atoms in total. The van der Waals surface area contributed by atoms with E-state index in [-0.39, 0.29) is 0 Å². The lowest BCUT2D eigenvalue weighted by Gasteiger charge is -2.00. The first-order chi connectivity index (χ1) is 5.36. The Hall–Kier alpha value is -0.475. The van der Waals surface area contributed by atoms with Gasteiger partial charge in [-0.05, 0) is 17.7 Å². The second kappa shape index (κ2) is 4.41. The Morgan fingerprint density at radius 2 is 2.00 bits per heavy atom. The van der Waals surface area contributed by atoms with Gasteiger partial charge in [0, 0.05) is 5.33 Å². The summed E-state index contributed by atoms with van der Waals surface area (Å²) >= 11 is 3.32. The lowest BCUT2D eigenvalue weighted by atomic mass is 10.2. The first-order valence-corrected chi connectivity index (χ1v) is 4.26. The van der Waals surface area contributed by atoms with Crippen molar-refractivity contribution in [2.24, 2.45) is 0 Å². The minimum atomic E-state index is 0.636. The van der Waals surface area contributed by atoms with E-state index in [1.807, 2.05) is 12.1 Å². The highest BCUT2D eigenvalue weighted by atomic mass is 79.9. The van der Waals surface area contributed by atoms with Crippen LogP contribution in [0, 0.1) is 0 Å². The highest BCUT2D eigenvalue weighted by Gasteiger charge is 1.93. The highest BCUT2D eigenvalue weighted by Crippen LogP contribution is 2.13. The van der Waals surface area contributed by atoms with E-state index >= 15 is 0 Å². The molecule has 0 aliphatic rings. The van der Waals surface area contributed by atoms with Crippen LogP contribution in [-0.4, -0.2) is 12.7 Å². The molecule has 4 heteroatoms. The molecule has 0 aliphatic heterocycles. The van der Waals surface area contributed by atoms with Gasteiger partial charge < -0.3 is 9.68 Å². The molecule has 1 aromatic rings. The topological polar surface area (TPSA) is 29.5 Å². The Kier molecular flexibility index (Phi) is 3.46. The van der Waals surface area contributed by atoms with Gasteiger partial charge in [-0.25, -0.2) is 0 Å². The zero-order valence-electron chi connectivity index (χ0n) is 5.83. The van der Waals surface area contributed by atoms with E-state index in [0.717, 1.165) is 5.33 Å². The molecule has 0 atom stereocenters. The summed E-state index contributed by atoms with van der Waals surface area (Å²) in [5.74, 6) is 0.636. The smallest absolute Gasteiger partial charge is 0.537 e. The fraction of sp³-hybridized carbons (Fsp3) is 0.143. The molecule has 0 aromatic heterocycles. The van der Waals surface area contributed by atoms with Crippen LogP contribution in [0.5, 0.6) is 5.75 Å². The molecule has 0 spiro atoms. The molecule has 0 bridgehead atoms. The van der Waals surface area contributed by atoms with E-state index in [1.165, 1.54) is 5.56 Å². The SMILES string of the molecule is O[B]Oc1ccc(CBr)cc1. The maximum absolute atomic E-state index is 8.29. The van der Waals surface area contributed by atoms with Gasteiger partial charge in [-0.2, -0.15) is 0 Å². The standard InChI is InChI=1S/C7H7BBrO2/c9-5-6-1-3-7(4-2-6)11-8-10/h1-4,10H,5H2. The fourth-order valence-electron chi connectivity index (χ4n) is 0.718. The number of rotatable bonds is 3. The molecule has 0 fully saturated rings. The summed E-state index contributed by atoms with van der Waals surface area (Å²) in [4.78, 5) is 0. The number of hydrogen-bond acceptors (Lipinski definition) is 2. The molecule has 0 saturated carbocycles. The van der Waals surface area contributed by atoms with Crippen LogP contribution in [0.4, 0.5) is 0 Å². The van der Waals surface area contributed by atoms with Crippen LogP contribution in [-0.2, 0) is 5.33 Å². The Labute approximate surface area is 74.6 Å². The number of benzene rings is 1. The largest absolute Gasteiger partial charge is 0.569 e. The van der Waals surface area contributed by atoms with Crippen LogP contribution in [0.2, 0.25) is 0 Å². The molecule has 0 heterocycles. The maximum atomic E-state index is 8.29. The van der Waals surface area contributed by atoms with Crippen LogP contribution in [0.1, 0.15) is 5.56 Å². The van der Waals surface area contributed by atoms with Gasteiger partial charge in [0.25, 0.3) is 0 Å². The summed E-state index contributed by atoms with van der Waals surface area (Å²) in [7, 11) is 0.670. The second-order valence-electron chi connectivity index (χ2n) is 2.00. The Morgan fingerprint density at radius 3 is 2.45 bits per heavy atom. The van der Waals surface area contributed by atoms with Crippen molar-refractivity contribution < 1.29 is 9.68 Å². The van der Waals surface area contributed by atoms with Crippen molar-refractivity contribution in [1.82, 2.24) is 0 Å². The normalized spacial score (nSPS) is 9.27. The zero-order valence-corrected chi connectivity index (χ0v) is 7.41. The number of hydrogen-bond donors (Lipinski definition) is 1. The summed E-state index contributed by atoms with van der Waals surface area (Å²) in [5.41, 5.74) is 1.18. The van der Waals surface area contributed by atoms with E-state index in [1.54, 1.807) is 12.1 Å². The third-order valence-electron chi connectivity index (χ3n) is 1.27. The zero-order chi connectivity index (χ0) is 8.10. The molecule has 0 unspecified atom stereocenters. The van der Waals surface area contributed by atoms with Crippen molar-refractivity contribution in [3.05, 3.63) is 29.8 Å². The third-order valence-corrected chi connectivity index (χ3v) is 1.91. The lowest BCUT2D eigenvalue weighted by molar-refractivity contribution is 0.454. The predicted molar refractivity (Wildman–Crippen MR) is 47.7 cm³/mol. The molecule has 0 aliphatic carbocycles. The van der Waals surface area contributed by atoms with E-state index in [0.29, 0.717) is 13.4 Å². The van der Waals surface area contributed by atoms with Crippen LogP contribution < -0.4 is 4.65 Å². The Bertz CT molecular complexity index is 212. The van der Waals surface area contributed by atoms with Crippen LogP contribution in [0.25, 0.3) is 0 Å². The summed E-state index contributed by atoms with van der Waals surface area (Å²) in [5, 5.41) is 9.12. The first kappa shape index (κ1) is 8.62. The molecular formula is C7H7BBrO2. The molecule has 57 valence electrons.